The van der Waals surface area contributed by atoms with E-state index in [0.29, 0.717) is 6.54 Å². The Labute approximate surface area is 132 Å². The fourth-order valence-corrected chi connectivity index (χ4v) is 2.99. The lowest BCUT2D eigenvalue weighted by Gasteiger charge is -2.26. The van der Waals surface area contributed by atoms with Gasteiger partial charge in [-0.1, -0.05) is 24.3 Å². The summed E-state index contributed by atoms with van der Waals surface area (Å²) in [5, 5.41) is 3.00. The molecular weight excluding hydrogens is 278 g/mol. The van der Waals surface area contributed by atoms with Crippen molar-refractivity contribution in [3.8, 4) is 0 Å². The number of benzene rings is 1. The van der Waals surface area contributed by atoms with Gasteiger partial charge < -0.3 is 15.0 Å². The standard InChI is InChI=1S/C17H25N3O2/c21-17(20-7-1-2-8-20)18-13-15-3-5-16(6-4-15)14-19-9-11-22-12-10-19/h3-6H,1-2,7-14H2,(H,18,21). The number of rotatable bonds is 4. The second-order valence-corrected chi connectivity index (χ2v) is 6.06. The Morgan fingerprint density at radius 2 is 1.64 bits per heavy atom. The molecule has 120 valence electrons. The van der Waals surface area contributed by atoms with Gasteiger partial charge in [0.25, 0.3) is 0 Å². The van der Waals surface area contributed by atoms with E-state index in [0.717, 1.165) is 64.3 Å². The lowest BCUT2D eigenvalue weighted by Crippen LogP contribution is -2.37. The van der Waals surface area contributed by atoms with Crippen molar-refractivity contribution < 1.29 is 9.53 Å². The fraction of sp³-hybridized carbons (Fsp3) is 0.588. The van der Waals surface area contributed by atoms with Crippen LogP contribution in [-0.4, -0.2) is 55.2 Å². The lowest BCUT2D eigenvalue weighted by atomic mass is 10.1. The van der Waals surface area contributed by atoms with Crippen LogP contribution in [0.1, 0.15) is 24.0 Å². The van der Waals surface area contributed by atoms with Gasteiger partial charge in [-0.05, 0) is 24.0 Å². The summed E-state index contributed by atoms with van der Waals surface area (Å²) in [5.41, 5.74) is 2.47. The van der Waals surface area contributed by atoms with Crippen LogP contribution in [0.4, 0.5) is 4.79 Å². The Morgan fingerprint density at radius 1 is 1.00 bits per heavy atom. The zero-order valence-electron chi connectivity index (χ0n) is 13.1. The molecule has 5 nitrogen and oxygen atoms in total. The third kappa shape index (κ3) is 4.21. The van der Waals surface area contributed by atoms with Crippen LogP contribution in [0.15, 0.2) is 24.3 Å². The SMILES string of the molecule is O=C(NCc1ccc(CN2CCOCC2)cc1)N1CCCC1. The first-order valence-corrected chi connectivity index (χ1v) is 8.22. The molecule has 2 amide bonds. The molecule has 2 saturated heterocycles. The van der Waals surface area contributed by atoms with Gasteiger partial charge in [0.15, 0.2) is 0 Å². The first-order valence-electron chi connectivity index (χ1n) is 8.22. The van der Waals surface area contributed by atoms with Crippen molar-refractivity contribution >= 4 is 6.03 Å². The minimum absolute atomic E-state index is 0.0647. The van der Waals surface area contributed by atoms with Crippen LogP contribution in [0.25, 0.3) is 0 Å². The predicted molar refractivity (Wildman–Crippen MR) is 85.6 cm³/mol. The molecule has 0 atom stereocenters. The summed E-state index contributed by atoms with van der Waals surface area (Å²) in [7, 11) is 0. The van der Waals surface area contributed by atoms with E-state index >= 15 is 0 Å². The van der Waals surface area contributed by atoms with Crippen molar-refractivity contribution in [1.82, 2.24) is 15.1 Å². The minimum Gasteiger partial charge on any atom is -0.379 e. The largest absolute Gasteiger partial charge is 0.379 e. The second kappa shape index (κ2) is 7.61. The summed E-state index contributed by atoms with van der Waals surface area (Å²) >= 11 is 0. The Balaban J connectivity index is 1.45. The number of amides is 2. The highest BCUT2D eigenvalue weighted by molar-refractivity contribution is 5.74. The third-order valence-electron chi connectivity index (χ3n) is 4.37. The summed E-state index contributed by atoms with van der Waals surface area (Å²) in [5.74, 6) is 0. The van der Waals surface area contributed by atoms with Crippen LogP contribution in [0.5, 0.6) is 0 Å². The van der Waals surface area contributed by atoms with Crippen LogP contribution < -0.4 is 5.32 Å². The van der Waals surface area contributed by atoms with Crippen molar-refractivity contribution in [3.63, 3.8) is 0 Å². The van der Waals surface area contributed by atoms with Crippen LogP contribution in [-0.2, 0) is 17.8 Å². The fourth-order valence-electron chi connectivity index (χ4n) is 2.99. The molecule has 2 fully saturated rings. The van der Waals surface area contributed by atoms with Gasteiger partial charge in [-0.2, -0.15) is 0 Å². The van der Waals surface area contributed by atoms with Crippen LogP contribution >= 0.6 is 0 Å². The maximum atomic E-state index is 11.9. The molecule has 0 aromatic heterocycles. The maximum absolute atomic E-state index is 11.9. The van der Waals surface area contributed by atoms with Gasteiger partial charge in [0, 0.05) is 39.3 Å². The zero-order valence-corrected chi connectivity index (χ0v) is 13.1. The number of urea groups is 1. The molecule has 1 aromatic carbocycles. The molecule has 2 aliphatic rings. The minimum atomic E-state index is 0.0647. The molecule has 0 saturated carbocycles. The van der Waals surface area contributed by atoms with Crippen molar-refractivity contribution in [1.29, 1.82) is 0 Å². The first kappa shape index (κ1) is 15.3. The van der Waals surface area contributed by atoms with Crippen LogP contribution in [0, 0.1) is 0 Å². The molecule has 0 radical (unpaired) electrons. The predicted octanol–water partition coefficient (Wildman–Crippen LogP) is 1.82. The molecule has 0 aliphatic carbocycles. The molecule has 3 rings (SSSR count). The smallest absolute Gasteiger partial charge is 0.317 e. The average molecular weight is 303 g/mol. The molecular formula is C17H25N3O2. The summed E-state index contributed by atoms with van der Waals surface area (Å²) in [6.07, 6.45) is 2.26. The van der Waals surface area contributed by atoms with Gasteiger partial charge in [-0.15, -0.1) is 0 Å². The van der Waals surface area contributed by atoms with Gasteiger partial charge >= 0.3 is 6.03 Å². The molecule has 22 heavy (non-hydrogen) atoms. The summed E-state index contributed by atoms with van der Waals surface area (Å²) in [6, 6.07) is 8.61. The third-order valence-corrected chi connectivity index (χ3v) is 4.37. The molecule has 2 aliphatic heterocycles. The van der Waals surface area contributed by atoms with Crippen molar-refractivity contribution in [2.24, 2.45) is 0 Å². The number of nitrogens with zero attached hydrogens (tertiary/aromatic N) is 2. The van der Waals surface area contributed by atoms with Gasteiger partial charge in [0.1, 0.15) is 0 Å². The first-order chi connectivity index (χ1) is 10.8. The summed E-state index contributed by atoms with van der Waals surface area (Å²) in [6.45, 7) is 7.05. The van der Waals surface area contributed by atoms with Gasteiger partial charge in [-0.25, -0.2) is 4.79 Å². The summed E-state index contributed by atoms with van der Waals surface area (Å²) < 4.78 is 5.37. The number of nitrogens with one attached hydrogen (secondary N) is 1. The van der Waals surface area contributed by atoms with Gasteiger partial charge in [-0.3, -0.25) is 4.90 Å². The molecule has 5 heteroatoms. The van der Waals surface area contributed by atoms with Crippen molar-refractivity contribution in [3.05, 3.63) is 35.4 Å². The Kier molecular flexibility index (Phi) is 5.29. The van der Waals surface area contributed by atoms with Gasteiger partial charge in [0.2, 0.25) is 0 Å². The molecule has 2 heterocycles. The van der Waals surface area contributed by atoms with E-state index in [4.69, 9.17) is 4.74 Å². The Hall–Kier alpha value is -1.59. The summed E-state index contributed by atoms with van der Waals surface area (Å²) in [4.78, 5) is 16.3. The molecule has 1 N–H and O–H groups in total. The quantitative estimate of drug-likeness (QED) is 0.923. The topological polar surface area (TPSA) is 44.8 Å². The van der Waals surface area contributed by atoms with E-state index in [-0.39, 0.29) is 6.03 Å². The van der Waals surface area contributed by atoms with Crippen LogP contribution in [0.3, 0.4) is 0 Å². The van der Waals surface area contributed by atoms with E-state index in [9.17, 15) is 4.79 Å². The number of hydrogen-bond donors (Lipinski definition) is 1. The molecule has 0 bridgehead atoms. The van der Waals surface area contributed by atoms with E-state index in [2.05, 4.69) is 34.5 Å². The number of hydrogen-bond acceptors (Lipinski definition) is 3. The van der Waals surface area contributed by atoms with Crippen molar-refractivity contribution in [2.75, 3.05) is 39.4 Å². The average Bonchev–Trinajstić information content (AvgIpc) is 3.09. The monoisotopic (exact) mass is 303 g/mol. The molecule has 0 unspecified atom stereocenters. The van der Waals surface area contributed by atoms with Gasteiger partial charge in [0.05, 0.1) is 13.2 Å². The second-order valence-electron chi connectivity index (χ2n) is 6.06. The highest BCUT2D eigenvalue weighted by Crippen LogP contribution is 2.10. The Bertz CT molecular complexity index is 477. The number of ether oxygens (including phenoxy) is 1. The Morgan fingerprint density at radius 3 is 2.32 bits per heavy atom. The number of morpholine rings is 1. The lowest BCUT2D eigenvalue weighted by molar-refractivity contribution is 0.0342. The maximum Gasteiger partial charge on any atom is 0.317 e. The van der Waals surface area contributed by atoms with E-state index in [1.165, 1.54) is 5.56 Å². The van der Waals surface area contributed by atoms with Crippen molar-refractivity contribution in [2.45, 2.75) is 25.9 Å². The normalized spacial score (nSPS) is 19.4. The van der Waals surface area contributed by atoms with Crippen LogP contribution in [0.2, 0.25) is 0 Å². The number of likely N-dealkylation sites (tertiary alicyclic amines) is 1. The molecule has 0 spiro atoms. The van der Waals surface area contributed by atoms with E-state index in [1.807, 2.05) is 4.90 Å². The number of carbonyl (C=O) groups excluding carboxylic acids is 1. The number of carbonyl (C=O) groups is 1. The zero-order chi connectivity index (χ0) is 15.2. The van der Waals surface area contributed by atoms with E-state index < -0.39 is 0 Å². The van der Waals surface area contributed by atoms with E-state index in [1.54, 1.807) is 0 Å². The highest BCUT2D eigenvalue weighted by atomic mass is 16.5. The highest BCUT2D eigenvalue weighted by Gasteiger charge is 2.17. The molecule has 1 aromatic rings.